The molecular formula is C28H40Cl2O3Ti. The first kappa shape index (κ1) is 34.7. The van der Waals surface area contributed by atoms with Crippen LogP contribution in [0, 0.1) is 20.8 Å². The molecule has 0 atom stereocenters. The third-order valence-electron chi connectivity index (χ3n) is 4.81. The summed E-state index contributed by atoms with van der Waals surface area (Å²) in [5.74, 6) is 1.74. The van der Waals surface area contributed by atoms with Gasteiger partial charge in [-0.05, 0) is 47.9 Å². The zero-order valence-electron chi connectivity index (χ0n) is 21.8. The second-order valence-electron chi connectivity index (χ2n) is 10.2. The average Bonchev–Trinajstić information content (AvgIpc) is 3.10. The largest absolute Gasteiger partial charge is 0.147 e. The first-order valence-electron chi connectivity index (χ1n) is 10.8. The van der Waals surface area contributed by atoms with Crippen LogP contribution in [0.15, 0.2) is 53.1 Å². The van der Waals surface area contributed by atoms with Crippen molar-refractivity contribution >= 4 is 29.1 Å². The van der Waals surface area contributed by atoms with Crippen LogP contribution in [0.1, 0.15) is 75.1 Å². The first-order chi connectivity index (χ1) is 14.6. The molecule has 0 aliphatic rings. The van der Waals surface area contributed by atoms with Crippen LogP contribution in [-0.4, -0.2) is 14.5 Å². The van der Waals surface area contributed by atoms with Crippen molar-refractivity contribution in [2.75, 3.05) is 0 Å². The predicted octanol–water partition coefficient (Wildman–Crippen LogP) is 8.12. The number of aryl methyl sites for hydroxylation is 3. The average molecular weight is 543 g/mol. The van der Waals surface area contributed by atoms with Crippen molar-refractivity contribution in [3.05, 3.63) is 82.3 Å². The Morgan fingerprint density at radius 1 is 0.676 bits per heavy atom. The third kappa shape index (κ3) is 11.8. The number of phenols is 2. The van der Waals surface area contributed by atoms with Crippen LogP contribution in [0.3, 0.4) is 0 Å². The SMILES string of the molecule is Cc1ccc(O)c(C(C)(C)C)c1.Cc1ccc(O)c(C(C)(C)C)c1.Cc1coc([CH]=[Ti])c1.Cl.Cl. The van der Waals surface area contributed by atoms with Gasteiger partial charge in [-0.3, -0.25) is 0 Å². The summed E-state index contributed by atoms with van der Waals surface area (Å²) in [4.78, 5) is 0. The van der Waals surface area contributed by atoms with E-state index < -0.39 is 0 Å². The summed E-state index contributed by atoms with van der Waals surface area (Å²) < 4.78 is 7.00. The topological polar surface area (TPSA) is 53.6 Å². The molecule has 3 aromatic rings. The van der Waals surface area contributed by atoms with Crippen molar-refractivity contribution in [1.29, 1.82) is 0 Å². The molecule has 6 heteroatoms. The number of aromatic hydroxyl groups is 2. The molecule has 1 aromatic heterocycles. The molecule has 0 fully saturated rings. The Hall–Kier alpha value is -1.52. The van der Waals surface area contributed by atoms with Gasteiger partial charge < -0.3 is 10.2 Å². The Bertz CT molecular complexity index is 967. The van der Waals surface area contributed by atoms with Gasteiger partial charge in [0.15, 0.2) is 0 Å². The van der Waals surface area contributed by atoms with Crippen molar-refractivity contribution in [1.82, 2.24) is 0 Å². The molecule has 0 bridgehead atoms. The minimum absolute atomic E-state index is 0. The van der Waals surface area contributed by atoms with E-state index in [-0.39, 0.29) is 35.6 Å². The van der Waals surface area contributed by atoms with E-state index in [9.17, 15) is 10.2 Å². The molecular weight excluding hydrogens is 503 g/mol. The summed E-state index contributed by atoms with van der Waals surface area (Å²) in [7, 11) is 0. The summed E-state index contributed by atoms with van der Waals surface area (Å²) >= 11 is 1.96. The minimum Gasteiger partial charge on any atom is -0.147 e. The van der Waals surface area contributed by atoms with Gasteiger partial charge in [0.1, 0.15) is 11.5 Å². The van der Waals surface area contributed by atoms with Gasteiger partial charge >= 0.3 is 59.3 Å². The number of halogens is 2. The van der Waals surface area contributed by atoms with Gasteiger partial charge in [-0.15, -0.1) is 24.8 Å². The number of furan rings is 1. The van der Waals surface area contributed by atoms with Crippen molar-refractivity contribution in [3.8, 4) is 11.5 Å². The Morgan fingerprint density at radius 3 is 1.26 bits per heavy atom. The third-order valence-corrected chi connectivity index (χ3v) is 5.26. The maximum absolute atomic E-state index is 9.57. The summed E-state index contributed by atoms with van der Waals surface area (Å²) in [6.45, 7) is 18.7. The summed E-state index contributed by atoms with van der Waals surface area (Å²) in [6, 6.07) is 13.4. The van der Waals surface area contributed by atoms with Crippen molar-refractivity contribution in [3.63, 3.8) is 0 Å². The molecule has 0 saturated heterocycles. The van der Waals surface area contributed by atoms with E-state index in [0.29, 0.717) is 11.5 Å². The van der Waals surface area contributed by atoms with E-state index in [1.54, 1.807) is 18.4 Å². The van der Waals surface area contributed by atoms with Gasteiger partial charge in [-0.2, -0.15) is 0 Å². The molecule has 2 aromatic carbocycles. The molecule has 34 heavy (non-hydrogen) atoms. The van der Waals surface area contributed by atoms with Gasteiger partial charge in [0.05, 0.1) is 0 Å². The van der Waals surface area contributed by atoms with Crippen molar-refractivity contribution < 1.29 is 34.6 Å². The smallest absolute Gasteiger partial charge is 0.147 e. The molecule has 0 amide bonds. The van der Waals surface area contributed by atoms with Crippen LogP contribution in [0.2, 0.25) is 0 Å². The molecule has 0 spiro atoms. The van der Waals surface area contributed by atoms with E-state index in [1.807, 2.05) is 75.4 Å². The Labute approximate surface area is 229 Å². The van der Waals surface area contributed by atoms with E-state index in [0.717, 1.165) is 16.9 Å². The normalized spacial score (nSPS) is 10.4. The van der Waals surface area contributed by atoms with Crippen LogP contribution in [0.5, 0.6) is 11.5 Å². The molecule has 0 radical (unpaired) electrons. The van der Waals surface area contributed by atoms with Crippen LogP contribution in [0.25, 0.3) is 0 Å². The molecule has 2 N–H and O–H groups in total. The fourth-order valence-corrected chi connectivity index (χ4v) is 3.27. The van der Waals surface area contributed by atoms with Crippen molar-refractivity contribution in [2.45, 2.75) is 73.1 Å². The number of phenolic OH excluding ortho intramolecular Hbond substituents is 2. The number of hydrogen-bond donors (Lipinski definition) is 2. The van der Waals surface area contributed by atoms with E-state index >= 15 is 0 Å². The minimum atomic E-state index is 0. The zero-order valence-corrected chi connectivity index (χ0v) is 25.0. The second-order valence-corrected chi connectivity index (χ2v) is 10.7. The van der Waals surface area contributed by atoms with Crippen LogP contribution >= 0.6 is 24.8 Å². The molecule has 3 nitrogen and oxygen atoms in total. The monoisotopic (exact) mass is 542 g/mol. The quantitative estimate of drug-likeness (QED) is 0.305. The van der Waals surface area contributed by atoms with Gasteiger partial charge in [0.2, 0.25) is 0 Å². The fourth-order valence-electron chi connectivity index (χ4n) is 3.03. The Kier molecular flexibility index (Phi) is 15.1. The first-order valence-corrected chi connectivity index (χ1v) is 11.7. The number of benzene rings is 2. The predicted molar refractivity (Wildman–Crippen MR) is 146 cm³/mol. The molecule has 0 aliphatic heterocycles. The number of hydrogen-bond acceptors (Lipinski definition) is 3. The summed E-state index contributed by atoms with van der Waals surface area (Å²) in [5, 5.41) is 19.1. The van der Waals surface area contributed by atoms with Crippen LogP contribution < -0.4 is 0 Å². The maximum Gasteiger partial charge on any atom is -0.147 e. The van der Waals surface area contributed by atoms with E-state index in [2.05, 4.69) is 41.5 Å². The molecule has 1 heterocycles. The standard InChI is InChI=1S/2C11H16O.C6H6O.2ClH.Ti/c2*1-8-5-6-10(12)9(7-8)11(2,3)4;1-5-3-6(2)7-4-5;;;/h2*5-7,12H,1-4H3;2-4H,1H3;2*1H;. The molecule has 3 rings (SSSR count). The molecule has 0 saturated carbocycles. The Balaban J connectivity index is 0. The molecule has 0 aliphatic carbocycles. The van der Waals surface area contributed by atoms with Gasteiger partial charge in [-0.25, -0.2) is 0 Å². The van der Waals surface area contributed by atoms with Crippen LogP contribution in [0.4, 0.5) is 0 Å². The van der Waals surface area contributed by atoms with Gasteiger partial charge in [-0.1, -0.05) is 76.9 Å². The Morgan fingerprint density at radius 2 is 1.06 bits per heavy atom. The number of rotatable bonds is 1. The van der Waals surface area contributed by atoms with Gasteiger partial charge in [0.25, 0.3) is 0 Å². The molecule has 0 unspecified atom stereocenters. The zero-order chi connectivity index (χ0) is 24.7. The van der Waals surface area contributed by atoms with E-state index in [4.69, 9.17) is 4.42 Å². The van der Waals surface area contributed by atoms with E-state index in [1.165, 1.54) is 16.7 Å². The van der Waals surface area contributed by atoms with Crippen molar-refractivity contribution in [2.24, 2.45) is 0 Å². The maximum atomic E-state index is 9.57. The second kappa shape index (κ2) is 14.8. The summed E-state index contributed by atoms with van der Waals surface area (Å²) in [6.07, 6.45) is 1.75. The summed E-state index contributed by atoms with van der Waals surface area (Å²) in [5.41, 5.74) is 5.64. The van der Waals surface area contributed by atoms with Gasteiger partial charge in [0, 0.05) is 0 Å². The fraction of sp³-hybridized carbons (Fsp3) is 0.393. The van der Waals surface area contributed by atoms with Crippen LogP contribution in [-0.2, 0) is 30.8 Å². The molecule has 188 valence electrons.